The van der Waals surface area contributed by atoms with Crippen molar-refractivity contribution >= 4 is 24.2 Å². The fourth-order valence-electron chi connectivity index (χ4n) is 4.76. The van der Waals surface area contributed by atoms with E-state index in [9.17, 15) is 9.59 Å². The van der Waals surface area contributed by atoms with Crippen molar-refractivity contribution in [2.24, 2.45) is 5.92 Å². The van der Waals surface area contributed by atoms with Gasteiger partial charge in [0.05, 0.1) is 6.54 Å². The van der Waals surface area contributed by atoms with Crippen LogP contribution in [-0.2, 0) is 9.59 Å². The summed E-state index contributed by atoms with van der Waals surface area (Å²) in [6.45, 7) is 4.06. The molecule has 1 unspecified atom stereocenters. The number of hydrogen-bond acceptors (Lipinski definition) is 4. The molecule has 6 nitrogen and oxygen atoms in total. The third-order valence-corrected chi connectivity index (χ3v) is 6.41. The first kappa shape index (κ1) is 22.4. The van der Waals surface area contributed by atoms with Crippen LogP contribution in [0.5, 0.6) is 0 Å². The Balaban J connectivity index is 0.00000261. The molecule has 0 aromatic rings. The number of piperidine rings is 2. The first-order valence-electron chi connectivity index (χ1n) is 10.6. The van der Waals surface area contributed by atoms with Gasteiger partial charge in [0.25, 0.3) is 0 Å². The minimum Gasteiger partial charge on any atom is -0.352 e. The third-order valence-electron chi connectivity index (χ3n) is 6.41. The highest BCUT2D eigenvalue weighted by atomic mass is 35.5. The molecular formula is C20H37ClN4O2. The second kappa shape index (κ2) is 11.2. The average molecular weight is 401 g/mol. The van der Waals surface area contributed by atoms with Crippen molar-refractivity contribution in [3.05, 3.63) is 0 Å². The van der Waals surface area contributed by atoms with Crippen LogP contribution >= 0.6 is 12.4 Å². The van der Waals surface area contributed by atoms with E-state index in [1.165, 1.54) is 25.7 Å². The summed E-state index contributed by atoms with van der Waals surface area (Å²) in [6.07, 6.45) is 9.96. The molecule has 2 heterocycles. The number of hydrogen-bond donors (Lipinski definition) is 2. The van der Waals surface area contributed by atoms with Gasteiger partial charge in [0.2, 0.25) is 11.8 Å². The highest BCUT2D eigenvalue weighted by Crippen LogP contribution is 2.26. The normalized spacial score (nSPS) is 25.7. The zero-order chi connectivity index (χ0) is 18.4. The lowest BCUT2D eigenvalue weighted by atomic mass is 9.87. The standard InChI is InChI=1S/C20H36N4O2.ClH/c1-21-18-8-5-11-23(14-18)15-19(25)22-17-9-12-24(13-10-17)20(26)16-6-3-2-4-7-16;/h16-18,21H,2-15H2,1H3,(H,22,25);1H. The molecule has 1 aliphatic carbocycles. The lowest BCUT2D eigenvalue weighted by Gasteiger charge is -2.36. The summed E-state index contributed by atoms with van der Waals surface area (Å²) >= 11 is 0. The van der Waals surface area contributed by atoms with Gasteiger partial charge < -0.3 is 15.5 Å². The smallest absolute Gasteiger partial charge is 0.234 e. The summed E-state index contributed by atoms with van der Waals surface area (Å²) in [5, 5.41) is 6.52. The quantitative estimate of drug-likeness (QED) is 0.738. The lowest BCUT2D eigenvalue weighted by Crippen LogP contribution is -2.51. The van der Waals surface area contributed by atoms with Gasteiger partial charge in [-0.1, -0.05) is 19.3 Å². The van der Waals surface area contributed by atoms with Crippen LogP contribution < -0.4 is 10.6 Å². The van der Waals surface area contributed by atoms with Gasteiger partial charge in [-0.05, 0) is 52.1 Å². The van der Waals surface area contributed by atoms with Gasteiger partial charge in [0.15, 0.2) is 0 Å². The molecule has 3 fully saturated rings. The number of nitrogens with zero attached hydrogens (tertiary/aromatic N) is 2. The largest absolute Gasteiger partial charge is 0.352 e. The van der Waals surface area contributed by atoms with Gasteiger partial charge in [-0.2, -0.15) is 0 Å². The Labute approximate surface area is 170 Å². The van der Waals surface area contributed by atoms with Crippen molar-refractivity contribution in [3.63, 3.8) is 0 Å². The molecule has 27 heavy (non-hydrogen) atoms. The van der Waals surface area contributed by atoms with Crippen molar-refractivity contribution in [1.29, 1.82) is 0 Å². The van der Waals surface area contributed by atoms with Crippen LogP contribution in [0.25, 0.3) is 0 Å². The second-order valence-corrected chi connectivity index (χ2v) is 8.36. The van der Waals surface area contributed by atoms with Gasteiger partial charge in [0.1, 0.15) is 0 Å². The van der Waals surface area contributed by atoms with E-state index < -0.39 is 0 Å². The summed E-state index contributed by atoms with van der Waals surface area (Å²) in [4.78, 5) is 29.3. The number of likely N-dealkylation sites (N-methyl/N-ethyl adjacent to an activating group) is 1. The SMILES string of the molecule is CNC1CCCN(CC(=O)NC2CCN(C(=O)C3CCCCC3)CC2)C1.Cl. The predicted octanol–water partition coefficient (Wildman–Crippen LogP) is 1.78. The molecule has 0 bridgehead atoms. The molecule has 3 aliphatic rings. The van der Waals surface area contributed by atoms with Crippen LogP contribution in [-0.4, -0.2) is 73.5 Å². The zero-order valence-electron chi connectivity index (χ0n) is 16.8. The molecule has 0 aromatic carbocycles. The van der Waals surface area contributed by atoms with Gasteiger partial charge in [-0.3, -0.25) is 14.5 Å². The predicted molar refractivity (Wildman–Crippen MR) is 110 cm³/mol. The lowest BCUT2D eigenvalue weighted by molar-refractivity contribution is -0.137. The van der Waals surface area contributed by atoms with Crippen molar-refractivity contribution in [3.8, 4) is 0 Å². The van der Waals surface area contributed by atoms with E-state index in [1.54, 1.807) is 0 Å². The second-order valence-electron chi connectivity index (χ2n) is 8.36. The molecule has 2 amide bonds. The number of nitrogens with one attached hydrogen (secondary N) is 2. The minimum atomic E-state index is 0. The fourth-order valence-corrected chi connectivity index (χ4v) is 4.76. The number of halogens is 1. The van der Waals surface area contributed by atoms with Crippen LogP contribution in [0.4, 0.5) is 0 Å². The number of carbonyl (C=O) groups is 2. The Morgan fingerprint density at radius 1 is 0.889 bits per heavy atom. The summed E-state index contributed by atoms with van der Waals surface area (Å²) in [5.41, 5.74) is 0. The summed E-state index contributed by atoms with van der Waals surface area (Å²) in [5.74, 6) is 0.758. The Morgan fingerprint density at radius 3 is 2.26 bits per heavy atom. The summed E-state index contributed by atoms with van der Waals surface area (Å²) in [7, 11) is 2.00. The van der Waals surface area contributed by atoms with E-state index in [2.05, 4.69) is 15.5 Å². The Hall–Kier alpha value is -0.850. The number of carbonyl (C=O) groups excluding carboxylic acids is 2. The number of rotatable bonds is 5. The Kier molecular flexibility index (Phi) is 9.33. The molecule has 0 radical (unpaired) electrons. The zero-order valence-corrected chi connectivity index (χ0v) is 17.6. The molecule has 156 valence electrons. The Morgan fingerprint density at radius 2 is 1.59 bits per heavy atom. The van der Waals surface area contributed by atoms with E-state index in [4.69, 9.17) is 0 Å². The Bertz CT molecular complexity index is 477. The van der Waals surface area contributed by atoms with E-state index in [0.717, 1.165) is 58.3 Å². The molecule has 1 atom stereocenters. The number of likely N-dealkylation sites (tertiary alicyclic amines) is 2. The van der Waals surface area contributed by atoms with Crippen LogP contribution in [0.3, 0.4) is 0 Å². The van der Waals surface area contributed by atoms with Gasteiger partial charge in [0, 0.05) is 37.6 Å². The van der Waals surface area contributed by atoms with Crippen molar-refractivity contribution in [2.45, 2.75) is 69.9 Å². The van der Waals surface area contributed by atoms with E-state index >= 15 is 0 Å². The molecule has 1 saturated carbocycles. The molecule has 3 rings (SSSR count). The maximum Gasteiger partial charge on any atom is 0.234 e. The molecule has 2 saturated heterocycles. The van der Waals surface area contributed by atoms with Crippen molar-refractivity contribution in [1.82, 2.24) is 20.4 Å². The molecule has 0 aromatic heterocycles. The molecule has 0 spiro atoms. The first-order valence-corrected chi connectivity index (χ1v) is 10.6. The molecular weight excluding hydrogens is 364 g/mol. The summed E-state index contributed by atoms with van der Waals surface area (Å²) < 4.78 is 0. The van der Waals surface area contributed by atoms with E-state index in [-0.39, 0.29) is 30.3 Å². The molecule has 2 N–H and O–H groups in total. The van der Waals surface area contributed by atoms with Crippen molar-refractivity contribution < 1.29 is 9.59 Å². The highest BCUT2D eigenvalue weighted by Gasteiger charge is 2.30. The average Bonchev–Trinajstić information content (AvgIpc) is 2.69. The topological polar surface area (TPSA) is 64.7 Å². The van der Waals surface area contributed by atoms with Gasteiger partial charge in [-0.25, -0.2) is 0 Å². The van der Waals surface area contributed by atoms with Crippen molar-refractivity contribution in [2.75, 3.05) is 39.8 Å². The van der Waals surface area contributed by atoms with E-state index in [0.29, 0.717) is 18.5 Å². The van der Waals surface area contributed by atoms with Crippen LogP contribution in [0, 0.1) is 5.92 Å². The minimum absolute atomic E-state index is 0. The van der Waals surface area contributed by atoms with Crippen LogP contribution in [0.2, 0.25) is 0 Å². The van der Waals surface area contributed by atoms with Crippen LogP contribution in [0.1, 0.15) is 57.8 Å². The monoisotopic (exact) mass is 400 g/mol. The third kappa shape index (κ3) is 6.61. The first-order chi connectivity index (χ1) is 12.7. The maximum absolute atomic E-state index is 12.6. The van der Waals surface area contributed by atoms with Gasteiger partial charge in [-0.15, -0.1) is 12.4 Å². The fraction of sp³-hybridized carbons (Fsp3) is 0.900. The molecule has 2 aliphatic heterocycles. The number of amides is 2. The van der Waals surface area contributed by atoms with Crippen LogP contribution in [0.15, 0.2) is 0 Å². The highest BCUT2D eigenvalue weighted by molar-refractivity contribution is 5.85. The van der Waals surface area contributed by atoms with E-state index in [1.807, 2.05) is 11.9 Å². The maximum atomic E-state index is 12.6. The summed E-state index contributed by atoms with van der Waals surface area (Å²) in [6, 6.07) is 0.730. The molecule has 7 heteroatoms. The van der Waals surface area contributed by atoms with Gasteiger partial charge >= 0.3 is 0 Å².